The molecule has 0 saturated heterocycles. The van der Waals surface area contributed by atoms with E-state index in [1.807, 2.05) is 21.1 Å². The van der Waals surface area contributed by atoms with E-state index in [1.54, 1.807) is 0 Å². The number of allylic oxidation sites excluding steroid dienone is 6. The highest BCUT2D eigenvalue weighted by Crippen LogP contribution is 2.43. The topological polar surface area (TPSA) is 91.3 Å². The van der Waals surface area contributed by atoms with Gasteiger partial charge < -0.3 is 18.9 Å². The molecule has 0 saturated carbocycles. The van der Waals surface area contributed by atoms with Crippen molar-refractivity contribution in [1.29, 1.82) is 0 Å². The van der Waals surface area contributed by atoms with Crippen LogP contribution in [-0.2, 0) is 27.9 Å². The molecular weight excluding hydrogens is 673 g/mol. The van der Waals surface area contributed by atoms with Crippen molar-refractivity contribution in [3.63, 3.8) is 0 Å². The fourth-order valence-corrected chi connectivity index (χ4v) is 6.43. The Morgan fingerprint density at radius 2 is 1.12 bits per heavy atom. The van der Waals surface area contributed by atoms with Gasteiger partial charge >= 0.3 is 13.8 Å². The van der Waals surface area contributed by atoms with Crippen molar-refractivity contribution in [2.24, 2.45) is 0 Å². The number of hydrogen-bond donors (Lipinski definition) is 1. The molecule has 0 rings (SSSR count). The molecule has 2 unspecified atom stereocenters. The first kappa shape index (κ1) is 50.7. The van der Waals surface area contributed by atoms with Gasteiger partial charge in [0.2, 0.25) is 0 Å². The summed E-state index contributed by atoms with van der Waals surface area (Å²) in [4.78, 5) is 22.8. The summed E-state index contributed by atoms with van der Waals surface area (Å²) in [5.74, 6) is -0.330. The van der Waals surface area contributed by atoms with Gasteiger partial charge in [-0.1, -0.05) is 159 Å². The van der Waals surface area contributed by atoms with Gasteiger partial charge in [0.25, 0.3) is 0 Å². The minimum atomic E-state index is -4.27. The van der Waals surface area contributed by atoms with Crippen molar-refractivity contribution >= 4 is 13.8 Å². The fourth-order valence-electron chi connectivity index (χ4n) is 5.68. The van der Waals surface area contributed by atoms with Crippen LogP contribution >= 0.6 is 7.82 Å². The lowest BCUT2D eigenvalue weighted by Gasteiger charge is -2.24. The zero-order chi connectivity index (χ0) is 38.4. The highest BCUT2D eigenvalue weighted by atomic mass is 31.2. The van der Waals surface area contributed by atoms with Crippen LogP contribution in [0.4, 0.5) is 0 Å². The van der Waals surface area contributed by atoms with Crippen molar-refractivity contribution in [2.45, 2.75) is 180 Å². The van der Waals surface area contributed by atoms with E-state index in [0.717, 1.165) is 70.6 Å². The van der Waals surface area contributed by atoms with Gasteiger partial charge in [-0.05, 0) is 44.9 Å². The molecule has 0 radical (unpaired) electrons. The van der Waals surface area contributed by atoms with Crippen LogP contribution in [0.3, 0.4) is 0 Å². The fraction of sp³-hybridized carbons (Fsp3) is 0.837. The van der Waals surface area contributed by atoms with Crippen LogP contribution in [-0.4, -0.2) is 75.6 Å². The van der Waals surface area contributed by atoms with Crippen LogP contribution in [0.15, 0.2) is 36.5 Å². The molecule has 9 heteroatoms. The first-order valence-electron chi connectivity index (χ1n) is 21.2. The Morgan fingerprint density at radius 1 is 0.615 bits per heavy atom. The van der Waals surface area contributed by atoms with Crippen LogP contribution in [0, 0.1) is 0 Å². The minimum absolute atomic E-state index is 0.0856. The number of phosphoric acid groups is 1. The number of carbonyl (C=O) groups excluding carboxylic acids is 1. The summed E-state index contributed by atoms with van der Waals surface area (Å²) in [7, 11) is 1.66. The van der Waals surface area contributed by atoms with Crippen molar-refractivity contribution in [1.82, 2.24) is 0 Å². The van der Waals surface area contributed by atoms with Gasteiger partial charge in [0.05, 0.1) is 34.4 Å². The largest absolute Gasteiger partial charge is 0.472 e. The van der Waals surface area contributed by atoms with Crippen LogP contribution in [0.25, 0.3) is 0 Å². The minimum Gasteiger partial charge on any atom is -0.457 e. The number of rotatable bonds is 39. The van der Waals surface area contributed by atoms with Crippen molar-refractivity contribution in [3.05, 3.63) is 36.5 Å². The van der Waals surface area contributed by atoms with Crippen LogP contribution in [0.5, 0.6) is 0 Å². The molecule has 0 heterocycles. The lowest BCUT2D eigenvalue weighted by atomic mass is 10.0. The van der Waals surface area contributed by atoms with Crippen LogP contribution in [0.2, 0.25) is 0 Å². The average Bonchev–Trinajstić information content (AvgIpc) is 3.09. The number of quaternary nitrogens is 1. The van der Waals surface area contributed by atoms with E-state index in [-0.39, 0.29) is 25.8 Å². The summed E-state index contributed by atoms with van der Waals surface area (Å²) in [6.07, 6.45) is 41.7. The molecule has 0 aliphatic carbocycles. The van der Waals surface area contributed by atoms with E-state index in [2.05, 4.69) is 50.3 Å². The summed E-state index contributed by atoms with van der Waals surface area (Å²) in [6.45, 7) is 5.50. The first-order valence-corrected chi connectivity index (χ1v) is 22.7. The Hall–Kier alpha value is -1.28. The molecule has 2 atom stereocenters. The van der Waals surface area contributed by atoms with E-state index in [1.165, 1.54) is 83.5 Å². The third-order valence-electron chi connectivity index (χ3n) is 8.97. The van der Waals surface area contributed by atoms with Crippen molar-refractivity contribution in [2.75, 3.05) is 54.1 Å². The second kappa shape index (κ2) is 36.7. The SMILES string of the molecule is CC/C=C\C/C=C\C/C=C\CCCCCCCC(=O)OC(COCCCCCCCCCCCCCCCCC)COP(=O)(O)OCC[N+](C)(C)C. The smallest absolute Gasteiger partial charge is 0.457 e. The van der Waals surface area contributed by atoms with E-state index in [9.17, 15) is 14.3 Å². The number of nitrogens with zero attached hydrogens (tertiary/aromatic N) is 1. The number of phosphoric ester groups is 1. The summed E-state index contributed by atoms with van der Waals surface area (Å²) in [5.41, 5.74) is 0. The Labute approximate surface area is 321 Å². The van der Waals surface area contributed by atoms with E-state index in [4.69, 9.17) is 18.5 Å². The second-order valence-corrected chi connectivity index (χ2v) is 16.8. The number of hydrogen-bond acceptors (Lipinski definition) is 6. The number of likely N-dealkylation sites (N-methyl/N-ethyl adjacent to an activating group) is 1. The van der Waals surface area contributed by atoms with Gasteiger partial charge in [0.1, 0.15) is 19.3 Å². The van der Waals surface area contributed by atoms with E-state index >= 15 is 0 Å². The Kier molecular flexibility index (Phi) is 35.8. The van der Waals surface area contributed by atoms with Gasteiger partial charge in [-0.15, -0.1) is 0 Å². The molecule has 0 bridgehead atoms. The summed E-state index contributed by atoms with van der Waals surface area (Å²) in [5, 5.41) is 0. The molecule has 306 valence electrons. The zero-order valence-electron chi connectivity index (χ0n) is 34.5. The molecule has 0 aromatic rings. The average molecular weight is 757 g/mol. The molecule has 0 aromatic heterocycles. The molecule has 0 aromatic carbocycles. The molecule has 0 aliphatic heterocycles. The van der Waals surface area contributed by atoms with E-state index in [0.29, 0.717) is 24.1 Å². The lowest BCUT2D eigenvalue weighted by Crippen LogP contribution is -2.37. The third-order valence-corrected chi connectivity index (χ3v) is 9.95. The van der Waals surface area contributed by atoms with Crippen molar-refractivity contribution < 1.29 is 37.3 Å². The highest BCUT2D eigenvalue weighted by molar-refractivity contribution is 7.47. The molecule has 0 aliphatic rings. The maximum absolute atomic E-state index is 12.7. The zero-order valence-corrected chi connectivity index (χ0v) is 35.4. The van der Waals surface area contributed by atoms with Crippen LogP contribution in [0.1, 0.15) is 174 Å². The summed E-state index contributed by atoms with van der Waals surface area (Å²) >= 11 is 0. The normalized spacial score (nSPS) is 14.2. The maximum atomic E-state index is 12.7. The quantitative estimate of drug-likeness (QED) is 0.0219. The number of carbonyl (C=O) groups is 1. The second-order valence-electron chi connectivity index (χ2n) is 15.3. The molecule has 1 N–H and O–H groups in total. The van der Waals surface area contributed by atoms with Crippen LogP contribution < -0.4 is 0 Å². The van der Waals surface area contributed by atoms with Crippen molar-refractivity contribution in [3.8, 4) is 0 Å². The van der Waals surface area contributed by atoms with Gasteiger partial charge in [-0.25, -0.2) is 4.57 Å². The Balaban J connectivity index is 4.27. The monoisotopic (exact) mass is 757 g/mol. The predicted octanol–water partition coefficient (Wildman–Crippen LogP) is 12.2. The van der Waals surface area contributed by atoms with Gasteiger partial charge in [0, 0.05) is 13.0 Å². The molecule has 8 nitrogen and oxygen atoms in total. The maximum Gasteiger partial charge on any atom is 0.472 e. The summed E-state index contributed by atoms with van der Waals surface area (Å²) in [6, 6.07) is 0. The third kappa shape index (κ3) is 39.9. The lowest BCUT2D eigenvalue weighted by molar-refractivity contribution is -0.870. The Bertz CT molecular complexity index is 931. The standard InChI is InChI=1S/C43H82NO7P/c1-6-8-10-12-14-16-18-20-22-24-26-28-30-32-34-36-43(45)51-42(41-50-52(46,47)49-39-37-44(3,4)5)40-48-38-35-33-31-29-27-25-23-21-19-17-15-13-11-9-7-2/h8,10,14,16,20,22,42H,6-7,9,11-13,15,17-19,21,23-41H2,1-5H3/p+1/b10-8-,16-14-,22-20-. The van der Waals surface area contributed by atoms with Gasteiger partial charge in [0.15, 0.2) is 0 Å². The molecule has 52 heavy (non-hydrogen) atoms. The number of esters is 1. The van der Waals surface area contributed by atoms with Gasteiger partial charge in [-0.2, -0.15) is 0 Å². The number of unbranched alkanes of at least 4 members (excludes halogenated alkanes) is 19. The molecular formula is C43H83NO7P+. The van der Waals surface area contributed by atoms with E-state index < -0.39 is 13.9 Å². The molecule has 0 amide bonds. The summed E-state index contributed by atoms with van der Waals surface area (Å²) < 4.78 is 34.9. The molecule has 0 fully saturated rings. The Morgan fingerprint density at radius 3 is 1.67 bits per heavy atom. The van der Waals surface area contributed by atoms with Gasteiger partial charge in [-0.3, -0.25) is 13.8 Å². The first-order chi connectivity index (χ1) is 25.1. The predicted molar refractivity (Wildman–Crippen MR) is 220 cm³/mol. The highest BCUT2D eigenvalue weighted by Gasteiger charge is 2.26. The molecule has 0 spiro atoms. The number of ether oxygens (including phenoxy) is 2.